The minimum Gasteiger partial charge on any atom is -0.383 e. The van der Waals surface area contributed by atoms with Gasteiger partial charge >= 0.3 is 5.82 Å². The lowest BCUT2D eigenvalue weighted by molar-refractivity contribution is -0.389. The van der Waals surface area contributed by atoms with Crippen molar-refractivity contribution in [2.45, 2.75) is 18.4 Å². The molecule has 2 heterocycles. The first kappa shape index (κ1) is 13.7. The van der Waals surface area contributed by atoms with Gasteiger partial charge in [-0.25, -0.2) is 0 Å². The van der Waals surface area contributed by atoms with E-state index in [0.717, 1.165) is 25.1 Å². The van der Waals surface area contributed by atoms with Crippen LogP contribution in [-0.4, -0.2) is 42.3 Å². The first-order valence-corrected chi connectivity index (χ1v) is 6.23. The molecular weight excluding hydrogens is 248 g/mol. The highest BCUT2D eigenvalue weighted by Crippen LogP contribution is 2.21. The van der Waals surface area contributed by atoms with Crippen molar-refractivity contribution in [1.29, 1.82) is 0 Å². The zero-order valence-electron chi connectivity index (χ0n) is 10.9. The van der Waals surface area contributed by atoms with Crippen LogP contribution in [0.15, 0.2) is 18.3 Å². The van der Waals surface area contributed by atoms with E-state index < -0.39 is 4.92 Å². The molecule has 0 amide bonds. The SMILES string of the molecule is COCC1(CNc2ccc([N+](=O)[O-])nc2)CCCN1. The number of pyridine rings is 1. The van der Waals surface area contributed by atoms with E-state index in [1.807, 2.05) is 0 Å². The summed E-state index contributed by atoms with van der Waals surface area (Å²) < 4.78 is 5.26. The summed E-state index contributed by atoms with van der Waals surface area (Å²) in [5.41, 5.74) is 0.714. The third kappa shape index (κ3) is 3.39. The lowest BCUT2D eigenvalue weighted by Crippen LogP contribution is -2.49. The minimum atomic E-state index is -0.505. The molecule has 0 aromatic carbocycles. The molecule has 0 radical (unpaired) electrons. The van der Waals surface area contributed by atoms with E-state index in [0.29, 0.717) is 13.2 Å². The van der Waals surface area contributed by atoms with Crippen molar-refractivity contribution < 1.29 is 9.66 Å². The molecular formula is C12H18N4O3. The lowest BCUT2D eigenvalue weighted by atomic mass is 9.98. The summed E-state index contributed by atoms with van der Waals surface area (Å²) in [5, 5.41) is 17.2. The van der Waals surface area contributed by atoms with Crippen molar-refractivity contribution in [3.05, 3.63) is 28.4 Å². The largest absolute Gasteiger partial charge is 0.383 e. The average Bonchev–Trinajstić information content (AvgIpc) is 2.86. The molecule has 0 bridgehead atoms. The Labute approximate surface area is 111 Å². The van der Waals surface area contributed by atoms with Gasteiger partial charge in [0.1, 0.15) is 0 Å². The molecule has 1 aliphatic rings. The molecule has 0 saturated carbocycles. The van der Waals surface area contributed by atoms with E-state index in [1.165, 1.54) is 12.3 Å². The smallest absolute Gasteiger partial charge is 0.363 e. The first-order valence-electron chi connectivity index (χ1n) is 6.23. The van der Waals surface area contributed by atoms with Gasteiger partial charge in [-0.2, -0.15) is 0 Å². The molecule has 1 saturated heterocycles. The van der Waals surface area contributed by atoms with Crippen LogP contribution in [-0.2, 0) is 4.74 Å². The Balaban J connectivity index is 1.95. The quantitative estimate of drug-likeness (QED) is 0.593. The standard InChI is InChI=1S/C12H18N4O3/c1-19-9-12(5-2-6-15-12)8-14-10-3-4-11(13-7-10)16(17)18/h3-4,7,14-15H,2,5-6,8-9H2,1H3. The summed E-state index contributed by atoms with van der Waals surface area (Å²) in [6.45, 7) is 2.34. The van der Waals surface area contributed by atoms with Gasteiger partial charge in [0.15, 0.2) is 6.20 Å². The molecule has 7 heteroatoms. The zero-order valence-corrected chi connectivity index (χ0v) is 10.9. The number of rotatable bonds is 6. The molecule has 1 aliphatic heterocycles. The second-order valence-corrected chi connectivity index (χ2v) is 4.76. The van der Waals surface area contributed by atoms with Gasteiger partial charge in [-0.15, -0.1) is 0 Å². The fourth-order valence-electron chi connectivity index (χ4n) is 2.34. The van der Waals surface area contributed by atoms with Crippen molar-refractivity contribution in [3.63, 3.8) is 0 Å². The van der Waals surface area contributed by atoms with Crippen molar-refractivity contribution in [2.24, 2.45) is 0 Å². The monoisotopic (exact) mass is 266 g/mol. The maximum atomic E-state index is 10.5. The second-order valence-electron chi connectivity index (χ2n) is 4.76. The summed E-state index contributed by atoms with van der Waals surface area (Å²) in [7, 11) is 1.69. The van der Waals surface area contributed by atoms with Crippen LogP contribution in [0.1, 0.15) is 12.8 Å². The number of hydrogen-bond acceptors (Lipinski definition) is 6. The molecule has 1 aromatic rings. The number of nitrogens with zero attached hydrogens (tertiary/aromatic N) is 2. The Hall–Kier alpha value is -1.73. The van der Waals surface area contributed by atoms with E-state index in [-0.39, 0.29) is 11.4 Å². The Morgan fingerprint density at radius 2 is 2.47 bits per heavy atom. The van der Waals surface area contributed by atoms with Crippen molar-refractivity contribution in [2.75, 3.05) is 32.1 Å². The van der Waals surface area contributed by atoms with Gasteiger partial charge in [0.2, 0.25) is 0 Å². The molecule has 0 aliphatic carbocycles. The van der Waals surface area contributed by atoms with Crippen LogP contribution in [0.25, 0.3) is 0 Å². The Bertz CT molecular complexity index is 429. The molecule has 104 valence electrons. The molecule has 7 nitrogen and oxygen atoms in total. The molecule has 1 atom stereocenters. The molecule has 2 N–H and O–H groups in total. The number of methoxy groups -OCH3 is 1. The van der Waals surface area contributed by atoms with Gasteiger partial charge in [-0.3, -0.25) is 0 Å². The summed E-state index contributed by atoms with van der Waals surface area (Å²) in [4.78, 5) is 13.8. The predicted molar refractivity (Wildman–Crippen MR) is 71.2 cm³/mol. The molecule has 1 aromatic heterocycles. The number of aromatic nitrogens is 1. The molecule has 2 rings (SSSR count). The van der Waals surface area contributed by atoms with E-state index in [1.54, 1.807) is 13.2 Å². The van der Waals surface area contributed by atoms with E-state index in [2.05, 4.69) is 15.6 Å². The Kier molecular flexibility index (Phi) is 4.28. The highest BCUT2D eigenvalue weighted by Gasteiger charge is 2.33. The number of nitrogens with one attached hydrogen (secondary N) is 2. The molecule has 1 fully saturated rings. The van der Waals surface area contributed by atoms with E-state index in [9.17, 15) is 10.1 Å². The van der Waals surface area contributed by atoms with Gasteiger partial charge in [-0.05, 0) is 35.4 Å². The van der Waals surface area contributed by atoms with Crippen LogP contribution in [0.2, 0.25) is 0 Å². The van der Waals surface area contributed by atoms with Crippen LogP contribution >= 0.6 is 0 Å². The maximum absolute atomic E-state index is 10.5. The van der Waals surface area contributed by atoms with Crippen molar-refractivity contribution >= 4 is 11.5 Å². The highest BCUT2D eigenvalue weighted by atomic mass is 16.6. The fraction of sp³-hybridized carbons (Fsp3) is 0.583. The Morgan fingerprint density at radius 3 is 3.00 bits per heavy atom. The average molecular weight is 266 g/mol. The molecule has 1 unspecified atom stereocenters. The lowest BCUT2D eigenvalue weighted by Gasteiger charge is -2.29. The summed E-state index contributed by atoms with van der Waals surface area (Å²) in [5.74, 6) is -0.142. The second kappa shape index (κ2) is 5.94. The van der Waals surface area contributed by atoms with Gasteiger partial charge in [0.25, 0.3) is 0 Å². The summed E-state index contributed by atoms with van der Waals surface area (Å²) >= 11 is 0. The number of hydrogen-bond donors (Lipinski definition) is 2. The van der Waals surface area contributed by atoms with Crippen molar-refractivity contribution in [3.8, 4) is 0 Å². The zero-order chi connectivity index (χ0) is 13.7. The van der Waals surface area contributed by atoms with Gasteiger partial charge in [-0.1, -0.05) is 0 Å². The Morgan fingerprint density at radius 1 is 1.63 bits per heavy atom. The van der Waals surface area contributed by atoms with Gasteiger partial charge < -0.3 is 25.5 Å². The minimum absolute atomic E-state index is 0.0590. The van der Waals surface area contributed by atoms with E-state index >= 15 is 0 Å². The predicted octanol–water partition coefficient (Wildman–Crippen LogP) is 1.17. The summed E-state index contributed by atoms with van der Waals surface area (Å²) in [6.07, 6.45) is 3.66. The van der Waals surface area contributed by atoms with Crippen LogP contribution in [0, 0.1) is 10.1 Å². The van der Waals surface area contributed by atoms with Gasteiger partial charge in [0.05, 0.1) is 17.8 Å². The summed E-state index contributed by atoms with van der Waals surface area (Å²) in [6, 6.07) is 3.06. The number of nitro groups is 1. The molecule has 19 heavy (non-hydrogen) atoms. The topological polar surface area (TPSA) is 89.3 Å². The third-order valence-electron chi connectivity index (χ3n) is 3.32. The first-order chi connectivity index (χ1) is 9.15. The van der Waals surface area contributed by atoms with Crippen molar-refractivity contribution in [1.82, 2.24) is 10.3 Å². The normalized spacial score (nSPS) is 22.4. The third-order valence-corrected chi connectivity index (χ3v) is 3.32. The fourth-order valence-corrected chi connectivity index (χ4v) is 2.34. The maximum Gasteiger partial charge on any atom is 0.363 e. The number of anilines is 1. The van der Waals surface area contributed by atoms with Crippen LogP contribution in [0.5, 0.6) is 0 Å². The highest BCUT2D eigenvalue weighted by molar-refractivity contribution is 5.43. The number of ether oxygens (including phenoxy) is 1. The van der Waals surface area contributed by atoms with Crippen LogP contribution < -0.4 is 10.6 Å². The van der Waals surface area contributed by atoms with Gasteiger partial charge in [0, 0.05) is 19.7 Å². The van der Waals surface area contributed by atoms with Crippen LogP contribution in [0.3, 0.4) is 0 Å². The molecule has 0 spiro atoms. The van der Waals surface area contributed by atoms with E-state index in [4.69, 9.17) is 4.74 Å². The van der Waals surface area contributed by atoms with Crippen LogP contribution in [0.4, 0.5) is 11.5 Å².